The highest BCUT2D eigenvalue weighted by atomic mass is 19.4. The number of rotatable bonds is 5. The molecule has 112 valence electrons. The first-order chi connectivity index (χ1) is 9.26. The highest BCUT2D eigenvalue weighted by molar-refractivity contribution is 5.74. The molecule has 0 fully saturated rings. The number of aryl methyl sites for hydroxylation is 1. The van der Waals surface area contributed by atoms with Crippen molar-refractivity contribution in [3.05, 3.63) is 17.3 Å². The number of hydrogen-bond acceptors (Lipinski definition) is 5. The van der Waals surface area contributed by atoms with Gasteiger partial charge in [-0.25, -0.2) is 4.98 Å². The third-order valence-electron chi connectivity index (χ3n) is 2.23. The predicted octanol–water partition coefficient (Wildman–Crippen LogP) is 2.40. The normalized spacial score (nSPS) is 11.1. The number of carbonyl (C=O) groups is 1. The molecule has 0 saturated heterocycles. The summed E-state index contributed by atoms with van der Waals surface area (Å²) < 4.78 is 50.6. The molecular weight excluding hydrogens is 279 g/mol. The van der Waals surface area contributed by atoms with E-state index in [9.17, 15) is 18.0 Å². The molecule has 0 radical (unpaired) electrons. The highest BCUT2D eigenvalue weighted by Crippen LogP contribution is 2.32. The fourth-order valence-corrected chi connectivity index (χ4v) is 1.54. The minimum atomic E-state index is -4.91. The zero-order chi connectivity index (χ0) is 15.3. The van der Waals surface area contributed by atoms with Gasteiger partial charge in [-0.3, -0.25) is 4.79 Å². The maximum atomic E-state index is 12.4. The van der Waals surface area contributed by atoms with E-state index in [1.807, 2.05) is 0 Å². The molecule has 20 heavy (non-hydrogen) atoms. The number of esters is 1. The Bertz CT molecular complexity index is 488. The van der Waals surface area contributed by atoms with Crippen LogP contribution in [0.2, 0.25) is 0 Å². The lowest BCUT2D eigenvalue weighted by Gasteiger charge is -2.15. The standard InChI is InChI=1S/C12H14F3NO4/c1-4-19-10(17)6-8-9(18-3)5-7(2)16-11(8)20-12(13,14)15/h5H,4,6H2,1-3H3. The fourth-order valence-electron chi connectivity index (χ4n) is 1.54. The number of carbonyl (C=O) groups excluding carboxylic acids is 1. The molecule has 0 aromatic carbocycles. The van der Waals surface area contributed by atoms with Gasteiger partial charge in [0.15, 0.2) is 0 Å². The summed E-state index contributed by atoms with van der Waals surface area (Å²) in [6.45, 7) is 3.20. The van der Waals surface area contributed by atoms with Crippen LogP contribution in [0.4, 0.5) is 13.2 Å². The van der Waals surface area contributed by atoms with E-state index in [1.54, 1.807) is 6.92 Å². The van der Waals surface area contributed by atoms with Crippen molar-refractivity contribution in [1.82, 2.24) is 4.98 Å². The van der Waals surface area contributed by atoms with Crippen molar-refractivity contribution >= 4 is 5.97 Å². The Balaban J connectivity index is 3.18. The molecule has 0 spiro atoms. The monoisotopic (exact) mass is 293 g/mol. The van der Waals surface area contributed by atoms with Gasteiger partial charge in [-0.15, -0.1) is 13.2 Å². The summed E-state index contributed by atoms with van der Waals surface area (Å²) in [5.41, 5.74) is 0.169. The zero-order valence-corrected chi connectivity index (χ0v) is 11.2. The SMILES string of the molecule is CCOC(=O)Cc1c(OC)cc(C)nc1OC(F)(F)F. The summed E-state index contributed by atoms with van der Waals surface area (Å²) in [6.07, 6.45) is -5.33. The van der Waals surface area contributed by atoms with Gasteiger partial charge in [-0.05, 0) is 13.8 Å². The summed E-state index contributed by atoms with van der Waals surface area (Å²) in [4.78, 5) is 15.1. The van der Waals surface area contributed by atoms with Crippen LogP contribution in [0.5, 0.6) is 11.6 Å². The highest BCUT2D eigenvalue weighted by Gasteiger charge is 2.34. The van der Waals surface area contributed by atoms with Gasteiger partial charge in [-0.1, -0.05) is 0 Å². The Morgan fingerprint density at radius 2 is 2.05 bits per heavy atom. The molecule has 0 aliphatic heterocycles. The van der Waals surface area contributed by atoms with E-state index in [1.165, 1.54) is 20.1 Å². The third-order valence-corrected chi connectivity index (χ3v) is 2.23. The molecule has 5 nitrogen and oxygen atoms in total. The Morgan fingerprint density at radius 1 is 1.40 bits per heavy atom. The summed E-state index contributed by atoms with van der Waals surface area (Å²) in [5.74, 6) is -1.31. The van der Waals surface area contributed by atoms with Crippen LogP contribution in [0.15, 0.2) is 6.07 Å². The van der Waals surface area contributed by atoms with Gasteiger partial charge in [0.25, 0.3) is 0 Å². The number of pyridine rings is 1. The molecule has 0 bridgehead atoms. The maximum absolute atomic E-state index is 12.4. The molecule has 0 saturated carbocycles. The third kappa shape index (κ3) is 4.60. The van der Waals surface area contributed by atoms with Crippen LogP contribution in [-0.4, -0.2) is 31.0 Å². The van der Waals surface area contributed by atoms with Gasteiger partial charge in [-0.2, -0.15) is 0 Å². The summed E-state index contributed by atoms with van der Waals surface area (Å²) in [6, 6.07) is 1.41. The first kappa shape index (κ1) is 16.1. The van der Waals surface area contributed by atoms with Crippen LogP contribution in [0.25, 0.3) is 0 Å². The number of aromatic nitrogens is 1. The lowest BCUT2D eigenvalue weighted by Crippen LogP contribution is -2.20. The zero-order valence-electron chi connectivity index (χ0n) is 11.2. The van der Waals surface area contributed by atoms with E-state index >= 15 is 0 Å². The van der Waals surface area contributed by atoms with Crippen molar-refractivity contribution in [3.8, 4) is 11.6 Å². The van der Waals surface area contributed by atoms with Gasteiger partial charge in [0.1, 0.15) is 5.75 Å². The van der Waals surface area contributed by atoms with Gasteiger partial charge < -0.3 is 14.2 Å². The van der Waals surface area contributed by atoms with Gasteiger partial charge in [0, 0.05) is 11.8 Å². The van der Waals surface area contributed by atoms with Gasteiger partial charge in [0.2, 0.25) is 5.88 Å². The van der Waals surface area contributed by atoms with Crippen molar-refractivity contribution < 1.29 is 32.2 Å². The first-order valence-electron chi connectivity index (χ1n) is 5.72. The largest absolute Gasteiger partial charge is 0.574 e. The average molecular weight is 293 g/mol. The summed E-state index contributed by atoms with van der Waals surface area (Å²) in [5, 5.41) is 0. The minimum Gasteiger partial charge on any atom is -0.496 e. The molecule has 0 aliphatic carbocycles. The molecule has 1 rings (SSSR count). The summed E-state index contributed by atoms with van der Waals surface area (Å²) >= 11 is 0. The van der Waals surface area contributed by atoms with Crippen molar-refractivity contribution in [2.75, 3.05) is 13.7 Å². The Kier molecular flexibility index (Phi) is 5.18. The number of hydrogen-bond donors (Lipinski definition) is 0. The molecule has 0 amide bonds. The molecule has 1 heterocycles. The number of ether oxygens (including phenoxy) is 3. The second-order valence-electron chi connectivity index (χ2n) is 3.78. The fraction of sp³-hybridized carbons (Fsp3) is 0.500. The van der Waals surface area contributed by atoms with Crippen LogP contribution in [0, 0.1) is 6.92 Å². The second kappa shape index (κ2) is 6.44. The van der Waals surface area contributed by atoms with E-state index in [2.05, 4.69) is 9.72 Å². The van der Waals surface area contributed by atoms with E-state index < -0.39 is 24.6 Å². The number of methoxy groups -OCH3 is 1. The lowest BCUT2D eigenvalue weighted by molar-refractivity contribution is -0.276. The topological polar surface area (TPSA) is 57.7 Å². The predicted molar refractivity (Wildman–Crippen MR) is 62.5 cm³/mol. The van der Waals surface area contributed by atoms with E-state index in [0.717, 1.165) is 0 Å². The second-order valence-corrected chi connectivity index (χ2v) is 3.78. The van der Waals surface area contributed by atoms with E-state index in [-0.39, 0.29) is 23.6 Å². The number of nitrogens with zero attached hydrogens (tertiary/aromatic N) is 1. The number of alkyl halides is 3. The van der Waals surface area contributed by atoms with Crippen LogP contribution in [0.3, 0.4) is 0 Å². The lowest BCUT2D eigenvalue weighted by atomic mass is 10.1. The Morgan fingerprint density at radius 3 is 2.55 bits per heavy atom. The van der Waals surface area contributed by atoms with E-state index in [0.29, 0.717) is 0 Å². The summed E-state index contributed by atoms with van der Waals surface area (Å²) in [7, 11) is 1.28. The van der Waals surface area contributed by atoms with Gasteiger partial charge >= 0.3 is 12.3 Å². The average Bonchev–Trinajstić information content (AvgIpc) is 2.30. The first-order valence-corrected chi connectivity index (χ1v) is 5.72. The van der Waals surface area contributed by atoms with Crippen molar-refractivity contribution in [2.24, 2.45) is 0 Å². The molecule has 8 heteroatoms. The molecule has 0 unspecified atom stereocenters. The molecular formula is C12H14F3NO4. The molecule has 0 atom stereocenters. The smallest absolute Gasteiger partial charge is 0.496 e. The van der Waals surface area contributed by atoms with Crippen molar-refractivity contribution in [2.45, 2.75) is 26.6 Å². The van der Waals surface area contributed by atoms with Crippen molar-refractivity contribution in [1.29, 1.82) is 0 Å². The molecule has 1 aromatic rings. The quantitative estimate of drug-likeness (QED) is 0.780. The maximum Gasteiger partial charge on any atom is 0.574 e. The molecule has 0 N–H and O–H groups in total. The van der Waals surface area contributed by atoms with Gasteiger partial charge in [0.05, 0.1) is 25.7 Å². The van der Waals surface area contributed by atoms with Crippen LogP contribution in [0.1, 0.15) is 18.2 Å². The Labute approximate surface area is 113 Å². The van der Waals surface area contributed by atoms with Crippen LogP contribution >= 0.6 is 0 Å². The molecule has 1 aromatic heterocycles. The molecule has 0 aliphatic rings. The Hall–Kier alpha value is -1.99. The van der Waals surface area contributed by atoms with E-state index in [4.69, 9.17) is 9.47 Å². The van der Waals surface area contributed by atoms with Crippen LogP contribution < -0.4 is 9.47 Å². The number of halogens is 3. The van der Waals surface area contributed by atoms with Crippen molar-refractivity contribution in [3.63, 3.8) is 0 Å². The van der Waals surface area contributed by atoms with Crippen LogP contribution in [-0.2, 0) is 16.0 Å². The minimum absolute atomic E-state index is 0.0878.